The highest BCUT2D eigenvalue weighted by atomic mass is 35.5. The van der Waals surface area contributed by atoms with Gasteiger partial charge < -0.3 is 19.7 Å². The number of hydrogen-bond donors (Lipinski definition) is 1. The van der Waals surface area contributed by atoms with Crippen molar-refractivity contribution in [2.75, 3.05) is 33.3 Å². The Morgan fingerprint density at radius 1 is 1.11 bits per heavy atom. The molecule has 1 saturated heterocycles. The number of amides is 2. The van der Waals surface area contributed by atoms with E-state index >= 15 is 0 Å². The number of nitrogens with one attached hydrogen (secondary N) is 1. The van der Waals surface area contributed by atoms with E-state index in [1.165, 1.54) is 7.11 Å². The van der Waals surface area contributed by atoms with E-state index in [4.69, 9.17) is 32.7 Å². The Morgan fingerprint density at radius 3 is 2.42 bits per heavy atom. The van der Waals surface area contributed by atoms with Crippen molar-refractivity contribution in [2.45, 2.75) is 70.6 Å². The van der Waals surface area contributed by atoms with Gasteiger partial charge in [-0.2, -0.15) is 0 Å². The van der Waals surface area contributed by atoms with Gasteiger partial charge in [-0.25, -0.2) is 4.79 Å². The first-order valence-corrected chi connectivity index (χ1v) is 13.3. The summed E-state index contributed by atoms with van der Waals surface area (Å²) in [6, 6.07) is 4.68. The smallest absolute Gasteiger partial charge is 0.408 e. The van der Waals surface area contributed by atoms with Crippen LogP contribution in [0.3, 0.4) is 0 Å². The van der Waals surface area contributed by atoms with E-state index in [0.29, 0.717) is 47.1 Å². The van der Waals surface area contributed by atoms with E-state index in [2.05, 4.69) is 10.2 Å². The van der Waals surface area contributed by atoms with Crippen LogP contribution in [0.4, 0.5) is 4.79 Å². The summed E-state index contributed by atoms with van der Waals surface area (Å²) in [7, 11) is 1.43. The maximum absolute atomic E-state index is 13.3. The molecule has 1 aromatic carbocycles. The first kappa shape index (κ1) is 28.5. The van der Waals surface area contributed by atoms with Gasteiger partial charge in [0, 0.05) is 48.7 Å². The predicted molar refractivity (Wildman–Crippen MR) is 139 cm³/mol. The third-order valence-corrected chi connectivity index (χ3v) is 7.38. The second-order valence-corrected chi connectivity index (χ2v) is 11.4. The topological polar surface area (TPSA) is 88.2 Å². The number of carbonyl (C=O) groups excluding carboxylic acids is 3. The standard InChI is InChI=1S/C26H37Cl2N3O5/c1-26(2,3)36-25(34)29-21(19-9-8-18(27)15-20(19)28)16-23(32)31-12-10-30(11-13-31)22-7-5-6-17(22)14-24(33)35-4/h8-9,15,17,21-22H,5-7,10-14,16H2,1-4H3,(H,29,34). The summed E-state index contributed by atoms with van der Waals surface area (Å²) in [6.45, 7) is 8.02. The molecule has 1 aliphatic heterocycles. The maximum atomic E-state index is 13.3. The van der Waals surface area contributed by atoms with Crippen molar-refractivity contribution >= 4 is 41.2 Å². The fourth-order valence-electron chi connectivity index (χ4n) is 5.11. The molecule has 0 bridgehead atoms. The van der Waals surface area contributed by atoms with Crippen LogP contribution in [-0.4, -0.2) is 72.7 Å². The van der Waals surface area contributed by atoms with Gasteiger partial charge in [-0.15, -0.1) is 0 Å². The van der Waals surface area contributed by atoms with Gasteiger partial charge in [0.25, 0.3) is 0 Å². The zero-order valence-electron chi connectivity index (χ0n) is 21.5. The predicted octanol–water partition coefficient (Wildman–Crippen LogP) is 4.83. The Kier molecular flexibility index (Phi) is 9.89. The fourth-order valence-corrected chi connectivity index (χ4v) is 5.65. The molecule has 2 aliphatic rings. The van der Waals surface area contributed by atoms with Crippen molar-refractivity contribution in [3.8, 4) is 0 Å². The van der Waals surface area contributed by atoms with Crippen LogP contribution in [0.5, 0.6) is 0 Å². The quantitative estimate of drug-likeness (QED) is 0.497. The Morgan fingerprint density at radius 2 is 1.81 bits per heavy atom. The zero-order valence-corrected chi connectivity index (χ0v) is 23.0. The molecule has 2 fully saturated rings. The van der Waals surface area contributed by atoms with Crippen molar-refractivity contribution in [2.24, 2.45) is 5.92 Å². The Bertz CT molecular complexity index is 944. The minimum atomic E-state index is -0.676. The highest BCUT2D eigenvalue weighted by molar-refractivity contribution is 6.35. The lowest BCUT2D eigenvalue weighted by Gasteiger charge is -2.40. The van der Waals surface area contributed by atoms with E-state index in [9.17, 15) is 14.4 Å². The van der Waals surface area contributed by atoms with Crippen LogP contribution >= 0.6 is 23.2 Å². The van der Waals surface area contributed by atoms with E-state index in [1.54, 1.807) is 39.0 Å². The minimum Gasteiger partial charge on any atom is -0.469 e. The van der Waals surface area contributed by atoms with E-state index in [1.807, 2.05) is 4.90 Å². The Hall–Kier alpha value is -2.03. The number of carbonyl (C=O) groups is 3. The van der Waals surface area contributed by atoms with Gasteiger partial charge in [0.15, 0.2) is 0 Å². The van der Waals surface area contributed by atoms with Crippen molar-refractivity contribution in [1.29, 1.82) is 0 Å². The molecule has 8 nitrogen and oxygen atoms in total. The number of halogens is 2. The summed E-state index contributed by atoms with van der Waals surface area (Å²) >= 11 is 12.5. The molecular formula is C26H37Cl2N3O5. The van der Waals surface area contributed by atoms with Gasteiger partial charge in [0.2, 0.25) is 5.91 Å². The van der Waals surface area contributed by atoms with Gasteiger partial charge >= 0.3 is 12.1 Å². The van der Waals surface area contributed by atoms with Gasteiger partial charge in [0.1, 0.15) is 5.60 Å². The van der Waals surface area contributed by atoms with E-state index < -0.39 is 17.7 Å². The summed E-state index contributed by atoms with van der Waals surface area (Å²) in [6.07, 6.45) is 3.07. The summed E-state index contributed by atoms with van der Waals surface area (Å²) < 4.78 is 10.3. The number of ether oxygens (including phenoxy) is 2. The Labute approximate surface area is 223 Å². The molecule has 36 heavy (non-hydrogen) atoms. The van der Waals surface area contributed by atoms with Crippen molar-refractivity contribution < 1.29 is 23.9 Å². The molecule has 1 N–H and O–H groups in total. The van der Waals surface area contributed by atoms with Crippen LogP contribution < -0.4 is 5.32 Å². The molecule has 10 heteroatoms. The van der Waals surface area contributed by atoms with Crippen molar-refractivity contribution in [3.63, 3.8) is 0 Å². The lowest BCUT2D eigenvalue weighted by Crippen LogP contribution is -2.53. The average Bonchev–Trinajstić information content (AvgIpc) is 3.25. The summed E-state index contributed by atoms with van der Waals surface area (Å²) in [5.41, 5.74) is -0.0689. The van der Waals surface area contributed by atoms with Crippen LogP contribution in [0.25, 0.3) is 0 Å². The van der Waals surface area contributed by atoms with Gasteiger partial charge in [0.05, 0.1) is 19.6 Å². The van der Waals surface area contributed by atoms with Crippen LogP contribution in [0.1, 0.15) is 64.5 Å². The number of rotatable bonds is 7. The molecule has 3 atom stereocenters. The van der Waals surface area contributed by atoms with Gasteiger partial charge in [-0.05, 0) is 57.2 Å². The lowest BCUT2D eigenvalue weighted by molar-refractivity contribution is -0.142. The molecule has 1 heterocycles. The highest BCUT2D eigenvalue weighted by Gasteiger charge is 2.36. The highest BCUT2D eigenvalue weighted by Crippen LogP contribution is 2.34. The first-order valence-electron chi connectivity index (χ1n) is 12.5. The Balaban J connectivity index is 1.63. The molecule has 2 amide bonds. The molecule has 1 aromatic rings. The molecular weight excluding hydrogens is 505 g/mol. The van der Waals surface area contributed by atoms with E-state index in [-0.39, 0.29) is 18.3 Å². The summed E-state index contributed by atoms with van der Waals surface area (Å²) in [5, 5.41) is 3.66. The number of piperazine rings is 1. The number of benzene rings is 1. The third-order valence-electron chi connectivity index (χ3n) is 6.82. The molecule has 1 aliphatic carbocycles. The normalized spacial score (nSPS) is 21.7. The fraction of sp³-hybridized carbons (Fsp3) is 0.654. The minimum absolute atomic E-state index is 0.0506. The molecule has 0 aromatic heterocycles. The maximum Gasteiger partial charge on any atom is 0.408 e. The average molecular weight is 543 g/mol. The molecule has 0 radical (unpaired) electrons. The molecule has 3 unspecified atom stereocenters. The molecule has 200 valence electrons. The van der Waals surface area contributed by atoms with Crippen LogP contribution in [0, 0.1) is 5.92 Å². The van der Waals surface area contributed by atoms with Crippen LogP contribution in [0.15, 0.2) is 18.2 Å². The van der Waals surface area contributed by atoms with Crippen LogP contribution in [0.2, 0.25) is 10.0 Å². The monoisotopic (exact) mass is 541 g/mol. The zero-order chi connectivity index (χ0) is 26.5. The lowest BCUT2D eigenvalue weighted by atomic mass is 9.97. The van der Waals surface area contributed by atoms with Crippen molar-refractivity contribution in [1.82, 2.24) is 15.1 Å². The molecule has 0 spiro atoms. The SMILES string of the molecule is COC(=O)CC1CCCC1N1CCN(C(=O)CC(NC(=O)OC(C)(C)C)c2ccc(Cl)cc2Cl)CC1. The van der Waals surface area contributed by atoms with Gasteiger partial charge in [-0.1, -0.05) is 35.7 Å². The number of alkyl carbamates (subject to hydrolysis) is 1. The number of nitrogens with zero attached hydrogens (tertiary/aromatic N) is 2. The second-order valence-electron chi connectivity index (χ2n) is 10.5. The summed E-state index contributed by atoms with van der Waals surface area (Å²) in [5.74, 6) is 0.0681. The van der Waals surface area contributed by atoms with Gasteiger partial charge in [-0.3, -0.25) is 14.5 Å². The van der Waals surface area contributed by atoms with Crippen LogP contribution in [-0.2, 0) is 19.1 Å². The number of esters is 1. The number of methoxy groups -OCH3 is 1. The summed E-state index contributed by atoms with van der Waals surface area (Å²) in [4.78, 5) is 41.8. The third kappa shape index (κ3) is 7.98. The molecule has 1 saturated carbocycles. The molecule has 3 rings (SSSR count). The second kappa shape index (κ2) is 12.5. The number of hydrogen-bond acceptors (Lipinski definition) is 6. The van der Waals surface area contributed by atoms with E-state index in [0.717, 1.165) is 32.4 Å². The van der Waals surface area contributed by atoms with Crippen molar-refractivity contribution in [3.05, 3.63) is 33.8 Å². The first-order chi connectivity index (χ1) is 17.0. The largest absolute Gasteiger partial charge is 0.469 e.